The highest BCUT2D eigenvalue weighted by molar-refractivity contribution is 5.67. The van der Waals surface area contributed by atoms with Gasteiger partial charge in [-0.1, -0.05) is 6.92 Å². The Morgan fingerprint density at radius 2 is 2.00 bits per heavy atom. The molecule has 0 spiro atoms. The maximum atomic E-state index is 11.2. The van der Waals surface area contributed by atoms with E-state index < -0.39 is 5.60 Å². The quantitative estimate of drug-likeness (QED) is 0.750. The topological polar surface area (TPSA) is 41.6 Å². The molecule has 4 heteroatoms. The lowest BCUT2D eigenvalue weighted by Gasteiger charge is -2.20. The molecule has 4 nitrogen and oxygen atoms in total. The molecule has 84 valence electrons. The van der Waals surface area contributed by atoms with Crippen molar-refractivity contribution < 1.29 is 9.53 Å². The fraction of sp³-hybridized carbons (Fsp3) is 0.900. The Bertz CT molecular complexity index is 175. The monoisotopic (exact) mass is 202 g/mol. The number of carbonyl (C=O) groups is 1. The molecule has 1 amide bonds. The van der Waals surface area contributed by atoms with E-state index in [2.05, 4.69) is 17.1 Å². The predicted molar refractivity (Wildman–Crippen MR) is 57.4 cm³/mol. The van der Waals surface area contributed by atoms with Gasteiger partial charge in [-0.3, -0.25) is 0 Å². The Balaban J connectivity index is 3.55. The van der Waals surface area contributed by atoms with Crippen LogP contribution in [0.15, 0.2) is 0 Å². The highest BCUT2D eigenvalue weighted by atomic mass is 16.6. The summed E-state index contributed by atoms with van der Waals surface area (Å²) in [6.45, 7) is 10.1. The van der Waals surface area contributed by atoms with Crippen LogP contribution in [0.25, 0.3) is 0 Å². The van der Waals surface area contributed by atoms with Crippen LogP contribution in [0.2, 0.25) is 0 Å². The van der Waals surface area contributed by atoms with Crippen molar-refractivity contribution in [1.29, 1.82) is 0 Å². The number of likely N-dealkylation sites (N-methyl/N-ethyl adjacent to an activating group) is 1. The number of carbonyl (C=O) groups excluding carboxylic acids is 1. The lowest BCUT2D eigenvalue weighted by molar-refractivity contribution is 0.0524. The van der Waals surface area contributed by atoms with Gasteiger partial charge in [0.25, 0.3) is 0 Å². The van der Waals surface area contributed by atoms with E-state index in [4.69, 9.17) is 4.74 Å². The van der Waals surface area contributed by atoms with Crippen molar-refractivity contribution in [2.75, 3.05) is 26.7 Å². The second-order valence-electron chi connectivity index (χ2n) is 4.32. The highest BCUT2D eigenvalue weighted by Crippen LogP contribution is 2.05. The summed E-state index contributed by atoms with van der Waals surface area (Å²) in [4.78, 5) is 13.3. The van der Waals surface area contributed by atoms with Crippen LogP contribution in [0.5, 0.6) is 0 Å². The molecule has 0 aliphatic carbocycles. The first-order chi connectivity index (χ1) is 6.35. The first-order valence-corrected chi connectivity index (χ1v) is 5.00. The molecular weight excluding hydrogens is 180 g/mol. The Kier molecular flexibility index (Phi) is 5.53. The first kappa shape index (κ1) is 13.2. The SMILES string of the molecule is CCN(C)CCNC(=O)OC(C)(C)C. The zero-order chi connectivity index (χ0) is 11.2. The first-order valence-electron chi connectivity index (χ1n) is 5.00. The number of amides is 1. The van der Waals surface area contributed by atoms with Crippen molar-refractivity contribution >= 4 is 6.09 Å². The summed E-state index contributed by atoms with van der Waals surface area (Å²) in [5.74, 6) is 0. The van der Waals surface area contributed by atoms with Crippen molar-refractivity contribution in [1.82, 2.24) is 10.2 Å². The normalized spacial score (nSPS) is 11.6. The maximum Gasteiger partial charge on any atom is 0.407 e. The van der Waals surface area contributed by atoms with Gasteiger partial charge in [0.05, 0.1) is 0 Å². The number of ether oxygens (including phenoxy) is 1. The van der Waals surface area contributed by atoms with E-state index in [1.165, 1.54) is 0 Å². The number of rotatable bonds is 4. The minimum atomic E-state index is -0.416. The van der Waals surface area contributed by atoms with Gasteiger partial charge in [0.15, 0.2) is 0 Å². The Hall–Kier alpha value is -0.770. The van der Waals surface area contributed by atoms with Crippen LogP contribution >= 0.6 is 0 Å². The van der Waals surface area contributed by atoms with Gasteiger partial charge in [-0.25, -0.2) is 4.79 Å². The van der Waals surface area contributed by atoms with Crippen LogP contribution in [-0.4, -0.2) is 43.3 Å². The van der Waals surface area contributed by atoms with E-state index in [-0.39, 0.29) is 6.09 Å². The molecule has 14 heavy (non-hydrogen) atoms. The largest absolute Gasteiger partial charge is 0.444 e. The molecule has 0 saturated carbocycles. The smallest absolute Gasteiger partial charge is 0.407 e. The van der Waals surface area contributed by atoms with E-state index >= 15 is 0 Å². The molecule has 0 saturated heterocycles. The van der Waals surface area contributed by atoms with Gasteiger partial charge in [-0.15, -0.1) is 0 Å². The Labute approximate surface area is 86.6 Å². The lowest BCUT2D eigenvalue weighted by atomic mass is 10.2. The molecule has 0 heterocycles. The molecule has 0 rings (SSSR count). The maximum absolute atomic E-state index is 11.2. The van der Waals surface area contributed by atoms with Crippen molar-refractivity contribution in [2.24, 2.45) is 0 Å². The van der Waals surface area contributed by atoms with Crippen molar-refractivity contribution in [3.8, 4) is 0 Å². The van der Waals surface area contributed by atoms with E-state index in [9.17, 15) is 4.79 Å². The summed E-state index contributed by atoms with van der Waals surface area (Å²) in [6.07, 6.45) is -0.345. The second-order valence-corrected chi connectivity index (χ2v) is 4.32. The highest BCUT2D eigenvalue weighted by Gasteiger charge is 2.15. The lowest BCUT2D eigenvalue weighted by Crippen LogP contribution is -2.36. The van der Waals surface area contributed by atoms with Gasteiger partial charge in [-0.05, 0) is 34.4 Å². The average Bonchev–Trinajstić information content (AvgIpc) is 2.00. The van der Waals surface area contributed by atoms with Gasteiger partial charge in [0, 0.05) is 13.1 Å². The standard InChI is InChI=1S/C10H22N2O2/c1-6-12(5)8-7-11-9(13)14-10(2,3)4/h6-8H2,1-5H3,(H,11,13). The van der Waals surface area contributed by atoms with Crippen LogP contribution in [0.4, 0.5) is 4.79 Å². The van der Waals surface area contributed by atoms with E-state index in [1.807, 2.05) is 27.8 Å². The zero-order valence-corrected chi connectivity index (χ0v) is 9.89. The molecule has 0 aromatic heterocycles. The minimum absolute atomic E-state index is 0.345. The zero-order valence-electron chi connectivity index (χ0n) is 9.89. The third-order valence-corrected chi connectivity index (χ3v) is 1.70. The molecule has 0 aliphatic heterocycles. The van der Waals surface area contributed by atoms with E-state index in [0.29, 0.717) is 6.54 Å². The number of alkyl carbamates (subject to hydrolysis) is 1. The van der Waals surface area contributed by atoms with Crippen LogP contribution in [0.1, 0.15) is 27.7 Å². The van der Waals surface area contributed by atoms with Crippen molar-refractivity contribution in [3.05, 3.63) is 0 Å². The van der Waals surface area contributed by atoms with Gasteiger partial charge >= 0.3 is 6.09 Å². The summed E-state index contributed by atoms with van der Waals surface area (Å²) in [6, 6.07) is 0. The van der Waals surface area contributed by atoms with Crippen molar-refractivity contribution in [2.45, 2.75) is 33.3 Å². The van der Waals surface area contributed by atoms with Crippen LogP contribution < -0.4 is 5.32 Å². The molecule has 1 N–H and O–H groups in total. The molecule has 0 aromatic carbocycles. The fourth-order valence-electron chi connectivity index (χ4n) is 0.821. The molecule has 0 fully saturated rings. The molecule has 0 radical (unpaired) electrons. The summed E-state index contributed by atoms with van der Waals surface area (Å²) >= 11 is 0. The summed E-state index contributed by atoms with van der Waals surface area (Å²) in [7, 11) is 2.01. The number of nitrogens with zero attached hydrogens (tertiary/aromatic N) is 1. The van der Waals surface area contributed by atoms with Crippen LogP contribution in [0.3, 0.4) is 0 Å². The van der Waals surface area contributed by atoms with Gasteiger partial charge in [0.1, 0.15) is 5.60 Å². The third kappa shape index (κ3) is 7.86. The summed E-state index contributed by atoms with van der Waals surface area (Å²) in [5, 5.41) is 2.70. The fourth-order valence-corrected chi connectivity index (χ4v) is 0.821. The average molecular weight is 202 g/mol. The summed E-state index contributed by atoms with van der Waals surface area (Å²) in [5.41, 5.74) is -0.416. The molecule has 0 aromatic rings. The Morgan fingerprint density at radius 3 is 2.43 bits per heavy atom. The van der Waals surface area contributed by atoms with Crippen LogP contribution in [-0.2, 0) is 4.74 Å². The van der Waals surface area contributed by atoms with Crippen LogP contribution in [0, 0.1) is 0 Å². The van der Waals surface area contributed by atoms with E-state index in [0.717, 1.165) is 13.1 Å². The van der Waals surface area contributed by atoms with Gasteiger partial charge in [-0.2, -0.15) is 0 Å². The van der Waals surface area contributed by atoms with Gasteiger partial charge < -0.3 is 15.0 Å². The summed E-state index contributed by atoms with van der Waals surface area (Å²) < 4.78 is 5.08. The molecule has 0 unspecified atom stereocenters. The van der Waals surface area contributed by atoms with E-state index in [1.54, 1.807) is 0 Å². The number of hydrogen-bond acceptors (Lipinski definition) is 3. The molecule has 0 bridgehead atoms. The second kappa shape index (κ2) is 5.86. The Morgan fingerprint density at radius 1 is 1.43 bits per heavy atom. The molecule has 0 aliphatic rings. The number of nitrogens with one attached hydrogen (secondary N) is 1. The minimum Gasteiger partial charge on any atom is -0.444 e. The molecule has 0 atom stereocenters. The van der Waals surface area contributed by atoms with Crippen molar-refractivity contribution in [3.63, 3.8) is 0 Å². The number of hydrogen-bond donors (Lipinski definition) is 1. The molecular formula is C10H22N2O2. The van der Waals surface area contributed by atoms with Gasteiger partial charge in [0.2, 0.25) is 0 Å². The third-order valence-electron chi connectivity index (χ3n) is 1.70. The predicted octanol–water partition coefficient (Wildman–Crippen LogP) is 1.46.